The molecule has 3 aliphatic rings. The molecule has 0 saturated carbocycles. The summed E-state index contributed by atoms with van der Waals surface area (Å²) in [7, 11) is 0. The molecule has 5 heteroatoms. The average molecular weight is 519 g/mol. The highest BCUT2D eigenvalue weighted by Gasteiger charge is 2.34. The van der Waals surface area contributed by atoms with E-state index in [1.54, 1.807) is 17.7 Å². The number of rotatable bonds is 5. The fourth-order valence-electron chi connectivity index (χ4n) is 6.18. The minimum Gasteiger partial charge on any atom is -0.342 e. The Kier molecular flexibility index (Phi) is 8.21. The highest BCUT2D eigenvalue weighted by atomic mass is 32.2. The number of amides is 1. The van der Waals surface area contributed by atoms with Crippen molar-refractivity contribution in [2.75, 3.05) is 26.2 Å². The summed E-state index contributed by atoms with van der Waals surface area (Å²) < 4.78 is 14.3. The molecule has 0 bridgehead atoms. The first-order valence-corrected chi connectivity index (χ1v) is 14.7. The molecule has 2 heterocycles. The molecule has 196 valence electrons. The van der Waals surface area contributed by atoms with E-state index in [0.29, 0.717) is 23.3 Å². The minimum atomic E-state index is -0.254. The van der Waals surface area contributed by atoms with Gasteiger partial charge in [0.25, 0.3) is 0 Å². The Morgan fingerprint density at radius 2 is 1.65 bits per heavy atom. The van der Waals surface area contributed by atoms with Crippen molar-refractivity contribution in [1.82, 2.24) is 9.80 Å². The lowest BCUT2D eigenvalue weighted by Gasteiger charge is -2.42. The lowest BCUT2D eigenvalue weighted by molar-refractivity contribution is -0.134. The van der Waals surface area contributed by atoms with Crippen LogP contribution in [-0.2, 0) is 4.79 Å². The fraction of sp³-hybridized carbons (Fsp3) is 0.469. The lowest BCUT2D eigenvalue weighted by Crippen LogP contribution is -2.49. The van der Waals surface area contributed by atoms with Gasteiger partial charge in [-0.1, -0.05) is 55.8 Å². The molecule has 1 amide bonds. The maximum Gasteiger partial charge on any atom is 0.230 e. The number of halogens is 1. The van der Waals surface area contributed by atoms with E-state index >= 15 is 0 Å². The van der Waals surface area contributed by atoms with Gasteiger partial charge in [-0.05, 0) is 73.9 Å². The molecule has 0 N–H and O–H groups in total. The molecule has 0 radical (unpaired) electrons. The highest BCUT2D eigenvalue weighted by Crippen LogP contribution is 2.37. The van der Waals surface area contributed by atoms with E-state index in [1.807, 2.05) is 34.9 Å². The number of nitrogens with zero attached hydrogens (tertiary/aromatic N) is 2. The number of thioether (sulfide) groups is 1. The maximum absolute atomic E-state index is 14.3. The Morgan fingerprint density at radius 1 is 0.973 bits per heavy atom. The number of likely N-dealkylation sites (tertiary alicyclic amines) is 2. The van der Waals surface area contributed by atoms with Crippen LogP contribution in [0.4, 0.5) is 4.39 Å². The SMILES string of the molecule is CC(=C1CCN(C2CCN(C(=O)C3CC=C(F)c4ccccc43)CC2)CC1)c1ccc(SC(C)C)cc1. The molecular formula is C32H39FN2OS. The highest BCUT2D eigenvalue weighted by molar-refractivity contribution is 7.99. The van der Waals surface area contributed by atoms with Crippen molar-refractivity contribution >= 4 is 29.1 Å². The Bertz CT molecular complexity index is 1170. The van der Waals surface area contributed by atoms with Gasteiger partial charge in [-0.3, -0.25) is 9.69 Å². The second-order valence-corrected chi connectivity index (χ2v) is 12.6. The summed E-state index contributed by atoms with van der Waals surface area (Å²) in [6, 6.07) is 17.1. The van der Waals surface area contributed by atoms with Crippen molar-refractivity contribution in [3.05, 3.63) is 76.9 Å². The van der Waals surface area contributed by atoms with Crippen molar-refractivity contribution in [2.24, 2.45) is 0 Å². The van der Waals surface area contributed by atoms with Crippen LogP contribution in [0.1, 0.15) is 75.5 Å². The Morgan fingerprint density at radius 3 is 2.32 bits per heavy atom. The number of carbonyl (C=O) groups excluding carboxylic acids is 1. The van der Waals surface area contributed by atoms with Crippen LogP contribution in [0.5, 0.6) is 0 Å². The largest absolute Gasteiger partial charge is 0.342 e. The van der Waals surface area contributed by atoms with Crippen LogP contribution in [0.25, 0.3) is 11.4 Å². The fourth-order valence-corrected chi connectivity index (χ4v) is 7.01. The molecule has 1 aliphatic carbocycles. The van der Waals surface area contributed by atoms with E-state index in [-0.39, 0.29) is 17.7 Å². The molecule has 2 fully saturated rings. The monoisotopic (exact) mass is 518 g/mol. The van der Waals surface area contributed by atoms with E-state index in [0.717, 1.165) is 57.4 Å². The minimum absolute atomic E-state index is 0.159. The van der Waals surface area contributed by atoms with Crippen molar-refractivity contribution in [3.8, 4) is 0 Å². The third kappa shape index (κ3) is 5.88. The van der Waals surface area contributed by atoms with Gasteiger partial charge in [0, 0.05) is 47.9 Å². The molecule has 2 aromatic carbocycles. The number of benzene rings is 2. The van der Waals surface area contributed by atoms with Crippen LogP contribution in [0.2, 0.25) is 0 Å². The third-order valence-corrected chi connectivity index (χ3v) is 9.32. The third-order valence-electron chi connectivity index (χ3n) is 8.31. The van der Waals surface area contributed by atoms with E-state index in [2.05, 4.69) is 49.9 Å². The summed E-state index contributed by atoms with van der Waals surface area (Å²) in [5.41, 5.74) is 5.81. The molecular weight excluding hydrogens is 479 g/mol. The Labute approximate surface area is 225 Å². The summed E-state index contributed by atoms with van der Waals surface area (Å²) in [4.78, 5) is 19.4. The van der Waals surface area contributed by atoms with Crippen LogP contribution in [0.3, 0.4) is 0 Å². The molecule has 0 spiro atoms. The summed E-state index contributed by atoms with van der Waals surface area (Å²) in [5, 5.41) is 0.602. The predicted octanol–water partition coefficient (Wildman–Crippen LogP) is 7.55. The molecule has 3 nitrogen and oxygen atoms in total. The number of carbonyl (C=O) groups is 1. The molecule has 2 aliphatic heterocycles. The molecule has 37 heavy (non-hydrogen) atoms. The Hall–Kier alpha value is -2.37. The van der Waals surface area contributed by atoms with Crippen molar-refractivity contribution in [2.45, 2.75) is 75.0 Å². The summed E-state index contributed by atoms with van der Waals surface area (Å²) >= 11 is 1.91. The summed E-state index contributed by atoms with van der Waals surface area (Å²) in [6.07, 6.45) is 6.35. The van der Waals surface area contributed by atoms with Crippen LogP contribution in [-0.4, -0.2) is 53.2 Å². The van der Waals surface area contributed by atoms with Crippen LogP contribution in [0, 0.1) is 0 Å². The maximum atomic E-state index is 14.3. The zero-order valence-corrected chi connectivity index (χ0v) is 23.2. The van der Waals surface area contributed by atoms with E-state index in [4.69, 9.17) is 0 Å². The van der Waals surface area contributed by atoms with E-state index in [1.165, 1.54) is 16.0 Å². The van der Waals surface area contributed by atoms with Gasteiger partial charge in [0.15, 0.2) is 0 Å². The summed E-state index contributed by atoms with van der Waals surface area (Å²) in [5.74, 6) is -0.294. The van der Waals surface area contributed by atoms with E-state index in [9.17, 15) is 9.18 Å². The normalized spacial score (nSPS) is 21.1. The van der Waals surface area contributed by atoms with Crippen LogP contribution < -0.4 is 0 Å². The molecule has 5 rings (SSSR count). The quantitative estimate of drug-likeness (QED) is 0.382. The zero-order valence-electron chi connectivity index (χ0n) is 22.4. The topological polar surface area (TPSA) is 23.6 Å². The van der Waals surface area contributed by atoms with Gasteiger partial charge in [-0.15, -0.1) is 11.8 Å². The van der Waals surface area contributed by atoms with Gasteiger partial charge >= 0.3 is 0 Å². The van der Waals surface area contributed by atoms with Gasteiger partial charge in [-0.2, -0.15) is 0 Å². The number of hydrogen-bond donors (Lipinski definition) is 0. The van der Waals surface area contributed by atoms with Crippen molar-refractivity contribution in [1.29, 1.82) is 0 Å². The number of allylic oxidation sites excluding steroid dienone is 2. The van der Waals surface area contributed by atoms with Crippen molar-refractivity contribution in [3.63, 3.8) is 0 Å². The number of piperidine rings is 2. The number of hydrogen-bond acceptors (Lipinski definition) is 3. The Balaban J connectivity index is 1.14. The molecule has 2 aromatic rings. The standard InChI is InChI=1S/C32H39FN2OS/c1-22(2)37-27-10-8-24(9-11-27)23(3)25-14-18-34(19-15-25)26-16-20-35(21-17-26)32(36)30-12-13-31(33)29-7-5-4-6-28(29)30/h4-11,13,22,26,30H,12,14-21H2,1-3H3. The smallest absolute Gasteiger partial charge is 0.230 e. The first-order valence-electron chi connectivity index (χ1n) is 13.8. The van der Waals surface area contributed by atoms with Crippen molar-refractivity contribution < 1.29 is 9.18 Å². The molecule has 0 aromatic heterocycles. The lowest BCUT2D eigenvalue weighted by atomic mass is 9.85. The molecule has 1 unspecified atom stereocenters. The predicted molar refractivity (Wildman–Crippen MR) is 153 cm³/mol. The number of fused-ring (bicyclic) bond motifs is 1. The molecule has 1 atom stereocenters. The summed E-state index contributed by atoms with van der Waals surface area (Å²) in [6.45, 7) is 10.6. The van der Waals surface area contributed by atoms with Gasteiger partial charge in [0.1, 0.15) is 5.83 Å². The average Bonchev–Trinajstić information content (AvgIpc) is 2.93. The van der Waals surface area contributed by atoms with Gasteiger partial charge < -0.3 is 4.90 Å². The van der Waals surface area contributed by atoms with Gasteiger partial charge in [-0.25, -0.2) is 4.39 Å². The van der Waals surface area contributed by atoms with E-state index < -0.39 is 0 Å². The first kappa shape index (κ1) is 26.2. The second kappa shape index (κ2) is 11.6. The van der Waals surface area contributed by atoms with Gasteiger partial charge in [0.2, 0.25) is 5.91 Å². The van der Waals surface area contributed by atoms with Crippen LogP contribution in [0.15, 0.2) is 65.1 Å². The second-order valence-electron chi connectivity index (χ2n) is 10.9. The first-order chi connectivity index (χ1) is 17.9. The van der Waals surface area contributed by atoms with Gasteiger partial charge in [0.05, 0.1) is 5.92 Å². The molecule has 2 saturated heterocycles. The zero-order chi connectivity index (χ0) is 25.9. The van der Waals surface area contributed by atoms with Crippen LogP contribution >= 0.6 is 11.8 Å².